The van der Waals surface area contributed by atoms with Crippen molar-refractivity contribution in [2.75, 3.05) is 0 Å². The molecular weight excluding hydrogens is 554 g/mol. The molecule has 0 aliphatic heterocycles. The molecule has 0 atom stereocenters. The van der Waals surface area contributed by atoms with Crippen molar-refractivity contribution in [3.05, 3.63) is 120 Å². The molecule has 3 heterocycles. The van der Waals surface area contributed by atoms with Crippen LogP contribution in [-0.4, -0.2) is 15.0 Å². The van der Waals surface area contributed by atoms with Gasteiger partial charge in [-0.05, 0) is 41.7 Å². The predicted molar refractivity (Wildman–Crippen MR) is 178 cm³/mol. The van der Waals surface area contributed by atoms with Crippen molar-refractivity contribution < 1.29 is 8.98 Å². The SMILES string of the molecule is Cc1ccc2c(oc3c(-c4nc(-c5ccccc5)nc(-c5ccc(C(C)(C)C)cc5)n4)c(C#N)ccc32)c1-c1cccc[n+]1C. The number of aryl methyl sites for hydroxylation is 2. The normalized spacial score (nSPS) is 11.6. The number of benzene rings is 4. The maximum Gasteiger partial charge on any atom is 0.216 e. The monoisotopic (exact) mass is 586 g/mol. The maximum absolute atomic E-state index is 10.3. The van der Waals surface area contributed by atoms with E-state index in [2.05, 4.69) is 80.8 Å². The smallest absolute Gasteiger partial charge is 0.216 e. The first-order chi connectivity index (χ1) is 21.7. The third-order valence-electron chi connectivity index (χ3n) is 8.35. The Kier molecular flexibility index (Phi) is 6.75. The quantitative estimate of drug-likeness (QED) is 0.193. The Bertz CT molecular complexity index is 2270. The zero-order valence-electron chi connectivity index (χ0n) is 26.0. The molecule has 0 spiro atoms. The largest absolute Gasteiger partial charge is 0.454 e. The molecule has 6 heteroatoms. The molecule has 7 rings (SSSR count). The van der Waals surface area contributed by atoms with Gasteiger partial charge in [-0.3, -0.25) is 0 Å². The van der Waals surface area contributed by atoms with Gasteiger partial charge in [0.05, 0.1) is 16.7 Å². The Balaban J connectivity index is 1.52. The molecule has 0 radical (unpaired) electrons. The summed E-state index contributed by atoms with van der Waals surface area (Å²) in [6, 6.07) is 34.7. The molecule has 0 saturated heterocycles. The fourth-order valence-corrected chi connectivity index (χ4v) is 5.87. The van der Waals surface area contributed by atoms with E-state index in [0.717, 1.165) is 44.3 Å². The summed E-state index contributed by atoms with van der Waals surface area (Å²) < 4.78 is 8.87. The number of nitrogens with zero attached hydrogens (tertiary/aromatic N) is 5. The Morgan fingerprint density at radius 1 is 0.667 bits per heavy atom. The summed E-state index contributed by atoms with van der Waals surface area (Å²) in [6.07, 6.45) is 2.03. The summed E-state index contributed by atoms with van der Waals surface area (Å²) in [6.45, 7) is 8.67. The minimum absolute atomic E-state index is 0.0185. The number of furan rings is 1. The van der Waals surface area contributed by atoms with Crippen molar-refractivity contribution in [3.63, 3.8) is 0 Å². The lowest BCUT2D eigenvalue weighted by atomic mass is 9.87. The lowest BCUT2D eigenvalue weighted by molar-refractivity contribution is -0.660. The molecular formula is C39H32N5O+. The number of hydrogen-bond donors (Lipinski definition) is 0. The number of aromatic nitrogens is 4. The average molecular weight is 587 g/mol. The van der Waals surface area contributed by atoms with E-state index >= 15 is 0 Å². The number of nitriles is 1. The van der Waals surface area contributed by atoms with Gasteiger partial charge in [0.15, 0.2) is 23.7 Å². The van der Waals surface area contributed by atoms with E-state index in [1.54, 1.807) is 0 Å². The Morgan fingerprint density at radius 3 is 1.91 bits per heavy atom. The fraction of sp³-hybridized carbons (Fsp3) is 0.154. The van der Waals surface area contributed by atoms with E-state index in [1.165, 1.54) is 5.56 Å². The molecule has 0 bridgehead atoms. The summed E-state index contributed by atoms with van der Waals surface area (Å²) in [5.74, 6) is 1.45. The molecule has 7 aromatic rings. The van der Waals surface area contributed by atoms with Gasteiger partial charge in [-0.15, -0.1) is 0 Å². The molecule has 0 unspecified atom stereocenters. The second-order valence-corrected chi connectivity index (χ2v) is 12.4. The highest BCUT2D eigenvalue weighted by molar-refractivity contribution is 6.13. The van der Waals surface area contributed by atoms with Crippen molar-refractivity contribution in [2.24, 2.45) is 7.05 Å². The molecule has 0 amide bonds. The first kappa shape index (κ1) is 28.1. The zero-order chi connectivity index (χ0) is 31.3. The molecule has 0 aliphatic rings. The van der Waals surface area contributed by atoms with Crippen LogP contribution in [0.4, 0.5) is 0 Å². The highest BCUT2D eigenvalue weighted by Crippen LogP contribution is 2.41. The number of rotatable bonds is 4. The standard InChI is InChI=1S/C39H32N5O/c1-24-14-20-29-30-21-17-27(23-40)33(35(30)45-34(29)32(24)31-13-9-10-22-44(31)5)38-42-36(25-11-7-6-8-12-25)41-37(43-38)26-15-18-28(19-16-26)39(2,3)4/h6-22H,1-5H3/q+1. The van der Waals surface area contributed by atoms with Gasteiger partial charge in [0.25, 0.3) is 0 Å². The molecule has 0 N–H and O–H groups in total. The van der Waals surface area contributed by atoms with Crippen molar-refractivity contribution >= 4 is 21.9 Å². The molecule has 0 saturated carbocycles. The van der Waals surface area contributed by atoms with E-state index in [1.807, 2.05) is 67.8 Å². The van der Waals surface area contributed by atoms with Crippen LogP contribution < -0.4 is 4.57 Å². The van der Waals surface area contributed by atoms with Crippen molar-refractivity contribution in [1.82, 2.24) is 15.0 Å². The number of pyridine rings is 1. The molecule has 4 aromatic carbocycles. The summed E-state index contributed by atoms with van der Waals surface area (Å²) >= 11 is 0. The zero-order valence-corrected chi connectivity index (χ0v) is 26.0. The van der Waals surface area contributed by atoms with Crippen LogP contribution in [0.2, 0.25) is 0 Å². The second kappa shape index (κ2) is 10.8. The van der Waals surface area contributed by atoms with Gasteiger partial charge in [0.2, 0.25) is 5.69 Å². The summed E-state index contributed by atoms with van der Waals surface area (Å²) in [4.78, 5) is 14.9. The highest BCUT2D eigenvalue weighted by Gasteiger charge is 2.25. The molecule has 3 aromatic heterocycles. The first-order valence-corrected chi connectivity index (χ1v) is 15.0. The van der Waals surface area contributed by atoms with Gasteiger partial charge >= 0.3 is 0 Å². The third-order valence-corrected chi connectivity index (χ3v) is 8.35. The summed E-state index contributed by atoms with van der Waals surface area (Å²) in [5.41, 5.74) is 8.44. The molecule has 218 valence electrons. The van der Waals surface area contributed by atoms with Gasteiger partial charge in [0.1, 0.15) is 24.3 Å². The predicted octanol–water partition coefficient (Wildman–Crippen LogP) is 8.74. The Hall–Kier alpha value is -5.67. The first-order valence-electron chi connectivity index (χ1n) is 15.0. The van der Waals surface area contributed by atoms with Gasteiger partial charge in [0, 0.05) is 34.0 Å². The molecule has 45 heavy (non-hydrogen) atoms. The summed E-state index contributed by atoms with van der Waals surface area (Å²) in [7, 11) is 2.03. The molecule has 0 aliphatic carbocycles. The molecule has 0 fully saturated rings. The third kappa shape index (κ3) is 4.93. The lowest BCUT2D eigenvalue weighted by Crippen LogP contribution is -2.30. The summed E-state index contributed by atoms with van der Waals surface area (Å²) in [5, 5.41) is 12.2. The van der Waals surface area contributed by atoms with Gasteiger partial charge < -0.3 is 4.42 Å². The number of fused-ring (bicyclic) bond motifs is 3. The van der Waals surface area contributed by atoms with Crippen LogP contribution in [0.3, 0.4) is 0 Å². The molecule has 6 nitrogen and oxygen atoms in total. The van der Waals surface area contributed by atoms with Crippen molar-refractivity contribution in [3.8, 4) is 51.5 Å². The highest BCUT2D eigenvalue weighted by atomic mass is 16.3. The second-order valence-electron chi connectivity index (χ2n) is 12.4. The lowest BCUT2D eigenvalue weighted by Gasteiger charge is -2.19. The van der Waals surface area contributed by atoms with Crippen LogP contribution in [0.1, 0.15) is 37.5 Å². The van der Waals surface area contributed by atoms with Gasteiger partial charge in [-0.2, -0.15) is 5.26 Å². The topological polar surface area (TPSA) is 79.5 Å². The minimum atomic E-state index is 0.0185. The minimum Gasteiger partial charge on any atom is -0.454 e. The van der Waals surface area contributed by atoms with E-state index in [-0.39, 0.29) is 5.41 Å². The van der Waals surface area contributed by atoms with E-state index in [0.29, 0.717) is 34.2 Å². The van der Waals surface area contributed by atoms with Crippen LogP contribution in [0.15, 0.2) is 108 Å². The van der Waals surface area contributed by atoms with E-state index in [9.17, 15) is 5.26 Å². The van der Waals surface area contributed by atoms with Crippen LogP contribution >= 0.6 is 0 Å². The van der Waals surface area contributed by atoms with E-state index in [4.69, 9.17) is 19.4 Å². The maximum atomic E-state index is 10.3. The van der Waals surface area contributed by atoms with Crippen LogP contribution in [0, 0.1) is 18.3 Å². The Morgan fingerprint density at radius 2 is 1.27 bits per heavy atom. The van der Waals surface area contributed by atoms with Crippen molar-refractivity contribution in [1.29, 1.82) is 5.26 Å². The van der Waals surface area contributed by atoms with Crippen LogP contribution in [-0.2, 0) is 12.5 Å². The van der Waals surface area contributed by atoms with Crippen LogP contribution in [0.25, 0.3) is 67.4 Å². The van der Waals surface area contributed by atoms with Gasteiger partial charge in [-0.1, -0.05) is 87.5 Å². The fourth-order valence-electron chi connectivity index (χ4n) is 5.87. The Labute approximate surface area is 262 Å². The number of hydrogen-bond acceptors (Lipinski definition) is 5. The van der Waals surface area contributed by atoms with Gasteiger partial charge in [-0.25, -0.2) is 19.5 Å². The van der Waals surface area contributed by atoms with Crippen molar-refractivity contribution in [2.45, 2.75) is 33.1 Å². The van der Waals surface area contributed by atoms with Crippen LogP contribution in [0.5, 0.6) is 0 Å². The van der Waals surface area contributed by atoms with E-state index < -0.39 is 0 Å². The average Bonchev–Trinajstić information content (AvgIpc) is 3.43.